The average Bonchev–Trinajstić information content (AvgIpc) is 3.18. The number of hydrogen-bond donors (Lipinski definition) is 1. The van der Waals surface area contributed by atoms with Gasteiger partial charge in [-0.25, -0.2) is 9.97 Å². The van der Waals surface area contributed by atoms with Crippen molar-refractivity contribution in [2.24, 2.45) is 0 Å². The molecule has 1 aromatic carbocycles. The first-order chi connectivity index (χ1) is 11.7. The second-order valence-electron chi connectivity index (χ2n) is 6.85. The summed E-state index contributed by atoms with van der Waals surface area (Å²) in [5.74, 6) is 1.45. The summed E-state index contributed by atoms with van der Waals surface area (Å²) >= 11 is 0. The molecule has 0 amide bonds. The van der Waals surface area contributed by atoms with E-state index in [1.54, 1.807) is 7.11 Å². The van der Waals surface area contributed by atoms with Crippen LogP contribution in [0.3, 0.4) is 0 Å². The van der Waals surface area contributed by atoms with E-state index in [0.717, 1.165) is 55.6 Å². The van der Waals surface area contributed by atoms with Crippen LogP contribution in [0.4, 0.5) is 0 Å². The number of hydrogen-bond acceptors (Lipinski definition) is 5. The van der Waals surface area contributed by atoms with Gasteiger partial charge in [0.05, 0.1) is 18.3 Å². The number of methoxy groups -OCH3 is 1. The predicted molar refractivity (Wildman–Crippen MR) is 91.6 cm³/mol. The molecule has 2 heterocycles. The molecule has 2 aromatic rings. The van der Waals surface area contributed by atoms with E-state index in [4.69, 9.17) is 4.74 Å². The maximum Gasteiger partial charge on any atom is 0.162 e. The van der Waals surface area contributed by atoms with Crippen molar-refractivity contribution in [1.82, 2.24) is 14.9 Å². The Bertz CT molecular complexity index is 713. The lowest BCUT2D eigenvalue weighted by atomic mass is 10.1. The summed E-state index contributed by atoms with van der Waals surface area (Å²) in [5.41, 5.74) is 1.55. The monoisotopic (exact) mass is 325 g/mol. The van der Waals surface area contributed by atoms with Crippen LogP contribution < -0.4 is 4.74 Å². The second kappa shape index (κ2) is 6.15. The Balaban J connectivity index is 1.50. The Labute approximate surface area is 142 Å². The van der Waals surface area contributed by atoms with E-state index in [1.807, 2.05) is 36.7 Å². The first-order valence-corrected chi connectivity index (χ1v) is 8.60. The van der Waals surface area contributed by atoms with Crippen LogP contribution in [-0.4, -0.2) is 45.3 Å². The number of rotatable bonds is 5. The number of nitrogens with zero attached hydrogens (tertiary/aromatic N) is 3. The van der Waals surface area contributed by atoms with Crippen molar-refractivity contribution in [2.45, 2.75) is 43.9 Å². The van der Waals surface area contributed by atoms with Crippen LogP contribution in [0.2, 0.25) is 0 Å². The Morgan fingerprint density at radius 2 is 2.00 bits per heavy atom. The van der Waals surface area contributed by atoms with Crippen molar-refractivity contribution in [1.29, 1.82) is 0 Å². The van der Waals surface area contributed by atoms with Gasteiger partial charge in [0.25, 0.3) is 0 Å². The van der Waals surface area contributed by atoms with Gasteiger partial charge in [-0.1, -0.05) is 12.1 Å². The molecule has 1 aliphatic heterocycles. The largest absolute Gasteiger partial charge is 0.496 e. The Hall–Kier alpha value is -1.98. The third kappa shape index (κ3) is 2.89. The summed E-state index contributed by atoms with van der Waals surface area (Å²) in [6, 6.07) is 8.07. The molecule has 1 unspecified atom stereocenters. The Kier molecular flexibility index (Phi) is 3.98. The highest BCUT2D eigenvalue weighted by Gasteiger charge is 2.51. The smallest absolute Gasteiger partial charge is 0.162 e. The molecule has 5 nitrogen and oxygen atoms in total. The SMILES string of the molecule is COc1ccccc1-c1ncc(CN2CCCC2C2(O)CC2)cn1. The topological polar surface area (TPSA) is 58.5 Å². The van der Waals surface area contributed by atoms with Gasteiger partial charge in [0.1, 0.15) is 5.75 Å². The zero-order valence-electron chi connectivity index (χ0n) is 14.0. The highest BCUT2D eigenvalue weighted by molar-refractivity contribution is 5.63. The minimum atomic E-state index is -0.436. The van der Waals surface area contributed by atoms with Crippen LogP contribution in [0.1, 0.15) is 31.2 Å². The number of likely N-dealkylation sites (tertiary alicyclic amines) is 1. The number of aliphatic hydroxyl groups is 1. The minimum absolute atomic E-state index is 0.298. The molecule has 0 spiro atoms. The van der Waals surface area contributed by atoms with Crippen molar-refractivity contribution in [3.05, 3.63) is 42.2 Å². The average molecular weight is 325 g/mol. The maximum absolute atomic E-state index is 10.4. The summed E-state index contributed by atoms with van der Waals surface area (Å²) < 4.78 is 5.38. The molecule has 5 heteroatoms. The molecular weight excluding hydrogens is 302 g/mol. The summed E-state index contributed by atoms with van der Waals surface area (Å²) in [4.78, 5) is 11.4. The van der Waals surface area contributed by atoms with Gasteiger partial charge in [-0.15, -0.1) is 0 Å². The van der Waals surface area contributed by atoms with E-state index >= 15 is 0 Å². The van der Waals surface area contributed by atoms with E-state index in [0.29, 0.717) is 11.9 Å². The van der Waals surface area contributed by atoms with Gasteiger partial charge < -0.3 is 9.84 Å². The van der Waals surface area contributed by atoms with Crippen molar-refractivity contribution in [3.8, 4) is 17.1 Å². The van der Waals surface area contributed by atoms with Crippen LogP contribution >= 0.6 is 0 Å². The lowest BCUT2D eigenvalue weighted by Crippen LogP contribution is -2.40. The van der Waals surface area contributed by atoms with Crippen LogP contribution in [0.25, 0.3) is 11.4 Å². The second-order valence-corrected chi connectivity index (χ2v) is 6.85. The molecule has 1 saturated carbocycles. The van der Waals surface area contributed by atoms with E-state index in [-0.39, 0.29) is 0 Å². The molecule has 2 aliphatic rings. The van der Waals surface area contributed by atoms with Gasteiger partial charge in [-0.05, 0) is 44.4 Å². The molecule has 1 aliphatic carbocycles. The molecule has 24 heavy (non-hydrogen) atoms. The van der Waals surface area contributed by atoms with Crippen LogP contribution in [0.5, 0.6) is 5.75 Å². The van der Waals surface area contributed by atoms with Gasteiger partial charge in [0, 0.05) is 30.5 Å². The molecule has 1 aromatic heterocycles. The summed E-state index contributed by atoms with van der Waals surface area (Å²) in [6.45, 7) is 1.85. The third-order valence-corrected chi connectivity index (χ3v) is 5.19. The summed E-state index contributed by atoms with van der Waals surface area (Å²) in [5, 5.41) is 10.4. The lowest BCUT2D eigenvalue weighted by Gasteiger charge is -2.28. The van der Waals surface area contributed by atoms with E-state index < -0.39 is 5.60 Å². The van der Waals surface area contributed by atoms with Gasteiger partial charge in [-0.2, -0.15) is 0 Å². The van der Waals surface area contributed by atoms with Gasteiger partial charge >= 0.3 is 0 Å². The fraction of sp³-hybridized carbons (Fsp3) is 0.474. The lowest BCUT2D eigenvalue weighted by molar-refractivity contribution is 0.0480. The van der Waals surface area contributed by atoms with Crippen LogP contribution in [0, 0.1) is 0 Å². The molecule has 1 atom stereocenters. The standard InChI is InChI=1S/C19H23N3O2/c1-24-16-6-3-2-5-15(16)18-20-11-14(12-21-18)13-22-10-4-7-17(22)19(23)8-9-19/h2-3,5-6,11-12,17,23H,4,7-10,13H2,1H3. The van der Waals surface area contributed by atoms with Gasteiger partial charge in [0.15, 0.2) is 5.82 Å². The van der Waals surface area contributed by atoms with E-state index in [9.17, 15) is 5.11 Å². The van der Waals surface area contributed by atoms with Crippen molar-refractivity contribution in [3.63, 3.8) is 0 Å². The molecule has 0 radical (unpaired) electrons. The van der Waals surface area contributed by atoms with Crippen molar-refractivity contribution >= 4 is 0 Å². The third-order valence-electron chi connectivity index (χ3n) is 5.19. The first kappa shape index (κ1) is 15.5. The highest BCUT2D eigenvalue weighted by Crippen LogP contribution is 2.44. The number of ether oxygens (including phenoxy) is 1. The molecule has 1 saturated heterocycles. The molecular formula is C19H23N3O2. The Morgan fingerprint density at radius 3 is 2.71 bits per heavy atom. The quantitative estimate of drug-likeness (QED) is 0.916. The first-order valence-electron chi connectivity index (χ1n) is 8.60. The van der Waals surface area contributed by atoms with Crippen molar-refractivity contribution in [2.75, 3.05) is 13.7 Å². The van der Waals surface area contributed by atoms with Gasteiger partial charge in [0.2, 0.25) is 0 Å². The maximum atomic E-state index is 10.4. The molecule has 1 N–H and O–H groups in total. The normalized spacial score (nSPS) is 22.5. The predicted octanol–water partition coefficient (Wildman–Crippen LogP) is 2.64. The summed E-state index contributed by atoms with van der Waals surface area (Å²) in [7, 11) is 1.66. The van der Waals surface area contributed by atoms with Gasteiger partial charge in [-0.3, -0.25) is 4.90 Å². The molecule has 0 bridgehead atoms. The fourth-order valence-corrected chi connectivity index (χ4v) is 3.72. The Morgan fingerprint density at radius 1 is 1.25 bits per heavy atom. The van der Waals surface area contributed by atoms with Crippen LogP contribution in [0.15, 0.2) is 36.7 Å². The minimum Gasteiger partial charge on any atom is -0.496 e. The van der Waals surface area contributed by atoms with Crippen LogP contribution in [-0.2, 0) is 6.54 Å². The van der Waals surface area contributed by atoms with E-state index in [2.05, 4.69) is 14.9 Å². The molecule has 2 fully saturated rings. The highest BCUT2D eigenvalue weighted by atomic mass is 16.5. The van der Waals surface area contributed by atoms with E-state index in [1.165, 1.54) is 0 Å². The zero-order chi connectivity index (χ0) is 16.6. The number of benzene rings is 1. The number of aromatic nitrogens is 2. The zero-order valence-corrected chi connectivity index (χ0v) is 14.0. The summed E-state index contributed by atoms with van der Waals surface area (Å²) in [6.07, 6.45) is 7.92. The molecule has 126 valence electrons. The van der Waals surface area contributed by atoms with Crippen molar-refractivity contribution < 1.29 is 9.84 Å². The fourth-order valence-electron chi connectivity index (χ4n) is 3.72. The molecule has 4 rings (SSSR count). The number of para-hydroxylation sites is 1.